The molecule has 0 aliphatic rings. The third-order valence-corrected chi connectivity index (χ3v) is 5.58. The number of para-hydroxylation sites is 1. The molecule has 0 bridgehead atoms. The molecule has 3 aromatic rings. The maximum absolute atomic E-state index is 12.3. The Morgan fingerprint density at radius 3 is 2.82 bits per heavy atom. The maximum Gasteiger partial charge on any atom is 0.306 e. The number of aromatic nitrogens is 1. The Balaban J connectivity index is 1.45. The normalized spacial score (nSPS) is 12.0. The minimum atomic E-state index is -0.881. The summed E-state index contributed by atoms with van der Waals surface area (Å²) in [5, 5.41) is 4.27. The van der Waals surface area contributed by atoms with Crippen molar-refractivity contribution >= 4 is 50.7 Å². The van der Waals surface area contributed by atoms with Crippen molar-refractivity contribution < 1.29 is 14.3 Å². The second-order valence-corrected chi connectivity index (χ2v) is 8.06. The zero-order valence-electron chi connectivity index (χ0n) is 15.7. The lowest BCUT2D eigenvalue weighted by Crippen LogP contribution is -2.30. The summed E-state index contributed by atoms with van der Waals surface area (Å²) in [4.78, 5) is 28.9. The molecule has 3 rings (SSSR count). The number of hydrogen-bond donors (Lipinski definition) is 1. The first-order valence-electron chi connectivity index (χ1n) is 9.03. The number of halogens is 1. The van der Waals surface area contributed by atoms with Crippen LogP contribution in [0.2, 0.25) is 5.02 Å². The van der Waals surface area contributed by atoms with E-state index < -0.39 is 12.1 Å². The number of esters is 1. The van der Waals surface area contributed by atoms with Crippen molar-refractivity contribution in [3.8, 4) is 0 Å². The van der Waals surface area contributed by atoms with E-state index in [1.54, 1.807) is 30.4 Å². The van der Waals surface area contributed by atoms with Crippen LogP contribution < -0.4 is 5.32 Å². The first kappa shape index (κ1) is 20.3. The SMILES string of the molecule is Cc1ccc(Cl)cc1NC(=O)C(C)OC(=O)CCCc1nc2ccccc2s1. The Kier molecular flexibility index (Phi) is 6.65. The lowest BCUT2D eigenvalue weighted by molar-refractivity contribution is -0.153. The molecule has 7 heteroatoms. The molecule has 1 heterocycles. The van der Waals surface area contributed by atoms with Crippen LogP contribution in [-0.4, -0.2) is 23.0 Å². The highest BCUT2D eigenvalue weighted by Crippen LogP contribution is 2.23. The molecule has 0 saturated carbocycles. The molecule has 1 aromatic heterocycles. The number of nitrogens with zero attached hydrogens (tertiary/aromatic N) is 1. The Labute approximate surface area is 172 Å². The van der Waals surface area contributed by atoms with E-state index in [-0.39, 0.29) is 12.3 Å². The molecule has 146 valence electrons. The van der Waals surface area contributed by atoms with Gasteiger partial charge in [0, 0.05) is 17.1 Å². The Morgan fingerprint density at radius 2 is 2.04 bits per heavy atom. The molecule has 1 atom stereocenters. The number of hydrogen-bond acceptors (Lipinski definition) is 5. The summed E-state index contributed by atoms with van der Waals surface area (Å²) in [6.45, 7) is 3.42. The number of carbonyl (C=O) groups excluding carboxylic acids is 2. The molecule has 1 N–H and O–H groups in total. The van der Waals surface area contributed by atoms with Crippen LogP contribution in [0.1, 0.15) is 30.3 Å². The third-order valence-electron chi connectivity index (χ3n) is 4.24. The number of fused-ring (bicyclic) bond motifs is 1. The quantitative estimate of drug-likeness (QED) is 0.540. The lowest BCUT2D eigenvalue weighted by Gasteiger charge is -2.15. The number of aryl methyl sites for hydroxylation is 2. The molecule has 28 heavy (non-hydrogen) atoms. The molecule has 0 aliphatic carbocycles. The zero-order valence-corrected chi connectivity index (χ0v) is 17.3. The van der Waals surface area contributed by atoms with Crippen molar-refractivity contribution in [2.24, 2.45) is 0 Å². The minimum Gasteiger partial charge on any atom is -0.453 e. The fourth-order valence-electron chi connectivity index (χ4n) is 2.68. The van der Waals surface area contributed by atoms with E-state index in [1.807, 2.05) is 37.3 Å². The van der Waals surface area contributed by atoms with E-state index in [0.717, 1.165) is 20.8 Å². The van der Waals surface area contributed by atoms with E-state index in [9.17, 15) is 9.59 Å². The van der Waals surface area contributed by atoms with Gasteiger partial charge >= 0.3 is 5.97 Å². The molecule has 0 fully saturated rings. The first-order chi connectivity index (χ1) is 13.4. The summed E-state index contributed by atoms with van der Waals surface area (Å²) in [7, 11) is 0. The van der Waals surface area contributed by atoms with Gasteiger partial charge in [0.1, 0.15) is 0 Å². The van der Waals surface area contributed by atoms with Crippen molar-refractivity contribution in [3.05, 3.63) is 58.1 Å². The van der Waals surface area contributed by atoms with E-state index in [1.165, 1.54) is 0 Å². The monoisotopic (exact) mass is 416 g/mol. The van der Waals surface area contributed by atoms with Crippen LogP contribution in [0.15, 0.2) is 42.5 Å². The predicted octanol–water partition coefficient (Wildman–Crippen LogP) is 5.15. The van der Waals surface area contributed by atoms with Gasteiger partial charge in [0.25, 0.3) is 5.91 Å². The van der Waals surface area contributed by atoms with Crippen molar-refractivity contribution in [2.75, 3.05) is 5.32 Å². The second-order valence-electron chi connectivity index (χ2n) is 6.51. The number of benzene rings is 2. The van der Waals surface area contributed by atoms with Gasteiger partial charge in [-0.15, -0.1) is 11.3 Å². The highest BCUT2D eigenvalue weighted by atomic mass is 35.5. The smallest absolute Gasteiger partial charge is 0.306 e. The summed E-state index contributed by atoms with van der Waals surface area (Å²) >= 11 is 7.59. The summed E-state index contributed by atoms with van der Waals surface area (Å²) in [5.41, 5.74) is 2.47. The van der Waals surface area contributed by atoms with Crippen molar-refractivity contribution in [1.29, 1.82) is 0 Å². The molecule has 1 unspecified atom stereocenters. The molecule has 1 amide bonds. The zero-order chi connectivity index (χ0) is 20.1. The highest BCUT2D eigenvalue weighted by Gasteiger charge is 2.18. The summed E-state index contributed by atoms with van der Waals surface area (Å²) in [6, 6.07) is 13.2. The first-order valence-corrected chi connectivity index (χ1v) is 10.2. The van der Waals surface area contributed by atoms with Crippen LogP contribution in [0.25, 0.3) is 10.2 Å². The minimum absolute atomic E-state index is 0.240. The van der Waals surface area contributed by atoms with Gasteiger partial charge < -0.3 is 10.1 Å². The number of carbonyl (C=O) groups is 2. The summed E-state index contributed by atoms with van der Waals surface area (Å²) in [5.74, 6) is -0.781. The Bertz CT molecular complexity index is 969. The molecule has 5 nitrogen and oxygen atoms in total. The number of nitrogens with one attached hydrogen (secondary N) is 1. The van der Waals surface area contributed by atoms with Crippen LogP contribution in [0.4, 0.5) is 5.69 Å². The van der Waals surface area contributed by atoms with Crippen LogP contribution >= 0.6 is 22.9 Å². The van der Waals surface area contributed by atoms with Crippen molar-refractivity contribution in [1.82, 2.24) is 4.98 Å². The van der Waals surface area contributed by atoms with E-state index >= 15 is 0 Å². The van der Waals surface area contributed by atoms with Crippen molar-refractivity contribution in [3.63, 3.8) is 0 Å². The topological polar surface area (TPSA) is 68.3 Å². The number of anilines is 1. The lowest BCUT2D eigenvalue weighted by atomic mass is 10.2. The molecular weight excluding hydrogens is 396 g/mol. The van der Waals surface area contributed by atoms with Crippen LogP contribution in [0, 0.1) is 6.92 Å². The predicted molar refractivity (Wildman–Crippen MR) is 113 cm³/mol. The van der Waals surface area contributed by atoms with Gasteiger partial charge in [-0.3, -0.25) is 9.59 Å². The molecule has 2 aromatic carbocycles. The third kappa shape index (κ3) is 5.30. The van der Waals surface area contributed by atoms with Gasteiger partial charge in [0.2, 0.25) is 0 Å². The molecule has 0 saturated heterocycles. The largest absolute Gasteiger partial charge is 0.453 e. The average molecular weight is 417 g/mol. The summed E-state index contributed by atoms with van der Waals surface area (Å²) < 4.78 is 6.39. The number of thiazole rings is 1. The van der Waals surface area contributed by atoms with Gasteiger partial charge in [0.05, 0.1) is 15.2 Å². The highest BCUT2D eigenvalue weighted by molar-refractivity contribution is 7.18. The number of rotatable bonds is 7. The molecule has 0 aliphatic heterocycles. The van der Waals surface area contributed by atoms with Crippen LogP contribution in [0.3, 0.4) is 0 Å². The van der Waals surface area contributed by atoms with E-state index in [4.69, 9.17) is 16.3 Å². The van der Waals surface area contributed by atoms with Gasteiger partial charge in [0.15, 0.2) is 6.10 Å². The van der Waals surface area contributed by atoms with Gasteiger partial charge in [-0.1, -0.05) is 29.8 Å². The van der Waals surface area contributed by atoms with E-state index in [2.05, 4.69) is 10.3 Å². The molecular formula is C21H21ClN2O3S. The Morgan fingerprint density at radius 1 is 1.25 bits per heavy atom. The van der Waals surface area contributed by atoms with Gasteiger partial charge in [-0.25, -0.2) is 4.98 Å². The molecule has 0 radical (unpaired) electrons. The fraction of sp³-hybridized carbons (Fsp3) is 0.286. The maximum atomic E-state index is 12.3. The number of ether oxygens (including phenoxy) is 1. The van der Waals surface area contributed by atoms with E-state index in [0.29, 0.717) is 23.6 Å². The van der Waals surface area contributed by atoms with Gasteiger partial charge in [-0.05, 0) is 56.5 Å². The van der Waals surface area contributed by atoms with Crippen LogP contribution in [-0.2, 0) is 20.7 Å². The summed E-state index contributed by atoms with van der Waals surface area (Å²) in [6.07, 6.45) is 0.689. The standard InChI is InChI=1S/C21H21ClN2O3S/c1-13-10-11-15(22)12-17(13)24-21(26)14(2)27-20(25)9-5-8-19-23-16-6-3-4-7-18(16)28-19/h3-4,6-7,10-12,14H,5,8-9H2,1-2H3,(H,24,26). The van der Waals surface area contributed by atoms with Gasteiger partial charge in [-0.2, -0.15) is 0 Å². The van der Waals surface area contributed by atoms with Crippen LogP contribution in [0.5, 0.6) is 0 Å². The molecule has 0 spiro atoms. The second kappa shape index (κ2) is 9.17. The Hall–Kier alpha value is -2.44. The van der Waals surface area contributed by atoms with Crippen molar-refractivity contribution in [2.45, 2.75) is 39.2 Å². The average Bonchev–Trinajstić information content (AvgIpc) is 3.07. The fourth-order valence-corrected chi connectivity index (χ4v) is 3.86. The number of amides is 1.